The van der Waals surface area contributed by atoms with Crippen molar-refractivity contribution in [3.05, 3.63) is 56.5 Å². The van der Waals surface area contributed by atoms with Crippen LogP contribution in [0.2, 0.25) is 10.0 Å². The highest BCUT2D eigenvalue weighted by Gasteiger charge is 2.16. The molecule has 0 atom stereocenters. The van der Waals surface area contributed by atoms with E-state index in [4.69, 9.17) is 27.9 Å². The first kappa shape index (κ1) is 17.1. The first-order valence-electron chi connectivity index (χ1n) is 6.70. The lowest BCUT2D eigenvalue weighted by molar-refractivity contribution is 0.102. The summed E-state index contributed by atoms with van der Waals surface area (Å²) in [4.78, 5) is 12.5. The van der Waals surface area contributed by atoms with Crippen molar-refractivity contribution in [1.82, 2.24) is 0 Å². The number of hydrogen-bond donors (Lipinski definition) is 1. The maximum Gasteiger partial charge on any atom is 0.259 e. The molecule has 0 unspecified atom stereocenters. The molecular weight excluding hydrogens is 389 g/mol. The first-order valence-corrected chi connectivity index (χ1v) is 8.25. The lowest BCUT2D eigenvalue weighted by Crippen LogP contribution is -2.14. The number of anilines is 1. The maximum absolute atomic E-state index is 12.5. The number of halogens is 3. The fraction of sp³-hybridized carbons (Fsp3) is 0.188. The largest absolute Gasteiger partial charge is 0.493 e. The van der Waals surface area contributed by atoms with Crippen molar-refractivity contribution in [3.8, 4) is 5.75 Å². The zero-order chi connectivity index (χ0) is 16.1. The van der Waals surface area contributed by atoms with Crippen LogP contribution in [-0.4, -0.2) is 12.5 Å². The van der Waals surface area contributed by atoms with E-state index in [1.54, 1.807) is 30.3 Å². The molecular formula is C16H14BrCl2NO2. The highest BCUT2D eigenvalue weighted by Crippen LogP contribution is 2.31. The van der Waals surface area contributed by atoms with Crippen LogP contribution in [0.4, 0.5) is 5.69 Å². The molecule has 0 fully saturated rings. The van der Waals surface area contributed by atoms with E-state index in [9.17, 15) is 4.79 Å². The van der Waals surface area contributed by atoms with E-state index in [2.05, 4.69) is 21.2 Å². The average Bonchev–Trinajstić information content (AvgIpc) is 2.49. The number of carbonyl (C=O) groups excluding carboxylic acids is 1. The Morgan fingerprint density at radius 3 is 2.55 bits per heavy atom. The molecule has 0 spiro atoms. The number of nitrogens with one attached hydrogen (secondary N) is 1. The predicted molar refractivity (Wildman–Crippen MR) is 94.3 cm³/mol. The van der Waals surface area contributed by atoms with Gasteiger partial charge in [0.15, 0.2) is 0 Å². The van der Waals surface area contributed by atoms with Gasteiger partial charge in [0.05, 0.1) is 27.9 Å². The minimum Gasteiger partial charge on any atom is -0.493 e. The van der Waals surface area contributed by atoms with Crippen LogP contribution in [-0.2, 0) is 0 Å². The molecule has 2 aromatic rings. The van der Waals surface area contributed by atoms with Crippen molar-refractivity contribution in [2.45, 2.75) is 13.3 Å². The summed E-state index contributed by atoms with van der Waals surface area (Å²) in [6.07, 6.45) is 0.855. The number of carbonyl (C=O) groups is 1. The SMILES string of the molecule is CCCOc1ccc(Br)cc1C(=O)Nc1c(Cl)cccc1Cl. The van der Waals surface area contributed by atoms with E-state index in [0.717, 1.165) is 10.9 Å². The third-order valence-corrected chi connectivity index (χ3v) is 3.97. The zero-order valence-electron chi connectivity index (χ0n) is 11.8. The van der Waals surface area contributed by atoms with Crippen LogP contribution in [0.1, 0.15) is 23.7 Å². The Morgan fingerprint density at radius 1 is 1.23 bits per heavy atom. The van der Waals surface area contributed by atoms with Crippen molar-refractivity contribution in [3.63, 3.8) is 0 Å². The molecule has 1 amide bonds. The third kappa shape index (κ3) is 4.15. The molecule has 0 saturated heterocycles. The van der Waals surface area contributed by atoms with Gasteiger partial charge in [-0.15, -0.1) is 0 Å². The van der Waals surface area contributed by atoms with E-state index in [-0.39, 0.29) is 5.91 Å². The fourth-order valence-electron chi connectivity index (χ4n) is 1.82. The van der Waals surface area contributed by atoms with Gasteiger partial charge in [-0.25, -0.2) is 0 Å². The Bertz CT molecular complexity index is 672. The summed E-state index contributed by atoms with van der Waals surface area (Å²) < 4.78 is 6.40. The fourth-order valence-corrected chi connectivity index (χ4v) is 2.67. The summed E-state index contributed by atoms with van der Waals surface area (Å²) in [6.45, 7) is 2.54. The molecule has 0 saturated carbocycles. The minimum absolute atomic E-state index is 0.331. The quantitative estimate of drug-likeness (QED) is 0.686. The highest BCUT2D eigenvalue weighted by molar-refractivity contribution is 9.10. The Morgan fingerprint density at radius 2 is 1.91 bits per heavy atom. The second-order valence-corrected chi connectivity index (χ2v) is 6.27. The Kier molecular flexibility index (Phi) is 6.12. The van der Waals surface area contributed by atoms with Crippen LogP contribution in [0.5, 0.6) is 5.75 Å². The maximum atomic E-state index is 12.5. The molecule has 6 heteroatoms. The Hall–Kier alpha value is -1.23. The van der Waals surface area contributed by atoms with E-state index >= 15 is 0 Å². The predicted octanol–water partition coefficient (Wildman–Crippen LogP) is 5.80. The third-order valence-electron chi connectivity index (χ3n) is 2.85. The molecule has 0 radical (unpaired) electrons. The van der Waals surface area contributed by atoms with E-state index in [1.807, 2.05) is 13.0 Å². The summed E-state index contributed by atoms with van der Waals surface area (Å²) in [5.41, 5.74) is 0.802. The van der Waals surface area contributed by atoms with Gasteiger partial charge in [-0.2, -0.15) is 0 Å². The van der Waals surface area contributed by atoms with Crippen molar-refractivity contribution in [2.75, 3.05) is 11.9 Å². The Labute approximate surface area is 147 Å². The molecule has 116 valence electrons. The van der Waals surface area contributed by atoms with Gasteiger partial charge >= 0.3 is 0 Å². The molecule has 2 rings (SSSR count). The van der Waals surface area contributed by atoms with Crippen LogP contribution in [0.15, 0.2) is 40.9 Å². The van der Waals surface area contributed by atoms with Crippen molar-refractivity contribution >= 4 is 50.7 Å². The number of hydrogen-bond acceptors (Lipinski definition) is 2. The normalized spacial score (nSPS) is 10.4. The molecule has 2 aromatic carbocycles. The number of amides is 1. The van der Waals surface area contributed by atoms with Gasteiger partial charge in [0.2, 0.25) is 0 Å². The van der Waals surface area contributed by atoms with Gasteiger partial charge in [-0.1, -0.05) is 52.1 Å². The number of benzene rings is 2. The molecule has 0 aliphatic rings. The van der Waals surface area contributed by atoms with Gasteiger partial charge in [0.25, 0.3) is 5.91 Å². The zero-order valence-corrected chi connectivity index (χ0v) is 14.9. The van der Waals surface area contributed by atoms with Crippen LogP contribution in [0.3, 0.4) is 0 Å². The van der Waals surface area contributed by atoms with Crippen LogP contribution < -0.4 is 10.1 Å². The van der Waals surface area contributed by atoms with Gasteiger partial charge in [0, 0.05) is 4.47 Å². The second kappa shape index (κ2) is 7.86. The smallest absolute Gasteiger partial charge is 0.259 e. The molecule has 0 heterocycles. The summed E-state index contributed by atoms with van der Waals surface area (Å²) in [5, 5.41) is 3.50. The Balaban J connectivity index is 2.31. The molecule has 0 aliphatic carbocycles. The van der Waals surface area contributed by atoms with E-state index < -0.39 is 0 Å². The standard InChI is InChI=1S/C16H14BrCl2NO2/c1-2-8-22-14-7-6-10(17)9-11(14)16(21)20-15-12(18)4-3-5-13(15)19/h3-7,9H,2,8H2,1H3,(H,20,21). The van der Waals surface area contributed by atoms with E-state index in [1.165, 1.54) is 0 Å². The molecule has 0 bridgehead atoms. The molecule has 0 aliphatic heterocycles. The molecule has 22 heavy (non-hydrogen) atoms. The van der Waals surface area contributed by atoms with Crippen LogP contribution in [0, 0.1) is 0 Å². The summed E-state index contributed by atoms with van der Waals surface area (Å²) in [7, 11) is 0. The van der Waals surface area contributed by atoms with Crippen LogP contribution >= 0.6 is 39.1 Å². The number of para-hydroxylation sites is 1. The van der Waals surface area contributed by atoms with Crippen molar-refractivity contribution in [2.24, 2.45) is 0 Å². The molecule has 1 N–H and O–H groups in total. The second-order valence-electron chi connectivity index (χ2n) is 4.54. The monoisotopic (exact) mass is 401 g/mol. The number of ether oxygens (including phenoxy) is 1. The van der Waals surface area contributed by atoms with Gasteiger partial charge in [-0.3, -0.25) is 4.79 Å². The highest BCUT2D eigenvalue weighted by atomic mass is 79.9. The summed E-state index contributed by atoms with van der Waals surface area (Å²) >= 11 is 15.5. The first-order chi connectivity index (χ1) is 10.5. The van der Waals surface area contributed by atoms with Crippen molar-refractivity contribution in [1.29, 1.82) is 0 Å². The number of rotatable bonds is 5. The molecule has 3 nitrogen and oxygen atoms in total. The lowest BCUT2D eigenvalue weighted by Gasteiger charge is -2.13. The average molecular weight is 403 g/mol. The van der Waals surface area contributed by atoms with Gasteiger partial charge in [0.1, 0.15) is 5.75 Å². The van der Waals surface area contributed by atoms with Crippen LogP contribution in [0.25, 0.3) is 0 Å². The lowest BCUT2D eigenvalue weighted by atomic mass is 10.2. The topological polar surface area (TPSA) is 38.3 Å². The molecule has 0 aromatic heterocycles. The van der Waals surface area contributed by atoms with Crippen molar-refractivity contribution < 1.29 is 9.53 Å². The van der Waals surface area contributed by atoms with Gasteiger partial charge < -0.3 is 10.1 Å². The summed E-state index contributed by atoms with van der Waals surface area (Å²) in [5.74, 6) is 0.188. The summed E-state index contributed by atoms with van der Waals surface area (Å²) in [6, 6.07) is 10.3. The van der Waals surface area contributed by atoms with Gasteiger partial charge in [-0.05, 0) is 36.8 Å². The minimum atomic E-state index is -0.331. The van der Waals surface area contributed by atoms with E-state index in [0.29, 0.717) is 33.7 Å².